The summed E-state index contributed by atoms with van der Waals surface area (Å²) >= 11 is 5.76. The minimum atomic E-state index is -1.10. The number of carbonyl (C=O) groups excluding carboxylic acids is 1. The summed E-state index contributed by atoms with van der Waals surface area (Å²) in [4.78, 5) is 10.9. The second-order valence-electron chi connectivity index (χ2n) is 3.27. The molecule has 0 fully saturated rings. The van der Waals surface area contributed by atoms with Gasteiger partial charge in [-0.1, -0.05) is 17.7 Å². The molecule has 0 aromatic heterocycles. The summed E-state index contributed by atoms with van der Waals surface area (Å²) in [6.07, 6.45) is -1.01. The van der Waals surface area contributed by atoms with E-state index in [4.69, 9.17) is 11.6 Å². The Morgan fingerprint density at radius 1 is 1.62 bits per heavy atom. The minimum absolute atomic E-state index is 0.0162. The van der Waals surface area contributed by atoms with Crippen LogP contribution in [0.5, 0.6) is 0 Å². The average molecular weight is 247 g/mol. The first kappa shape index (κ1) is 12.9. The Morgan fingerprint density at radius 3 is 2.88 bits per heavy atom. The zero-order chi connectivity index (χ0) is 12.1. The molecule has 1 aromatic carbocycles. The van der Waals surface area contributed by atoms with Gasteiger partial charge in [0.05, 0.1) is 13.2 Å². The zero-order valence-electron chi connectivity index (χ0n) is 8.74. The van der Waals surface area contributed by atoms with Crippen molar-refractivity contribution in [3.8, 4) is 0 Å². The van der Waals surface area contributed by atoms with E-state index in [1.165, 1.54) is 25.3 Å². The third kappa shape index (κ3) is 3.18. The van der Waals surface area contributed by atoms with Crippen LogP contribution in [0.4, 0.5) is 4.39 Å². The van der Waals surface area contributed by atoms with Crippen LogP contribution in [0.1, 0.15) is 24.5 Å². The Hall–Kier alpha value is -1.13. The van der Waals surface area contributed by atoms with E-state index in [2.05, 4.69) is 4.74 Å². The highest BCUT2D eigenvalue weighted by Gasteiger charge is 2.17. The van der Waals surface area contributed by atoms with Crippen LogP contribution in [0.3, 0.4) is 0 Å². The molecule has 1 rings (SSSR count). The van der Waals surface area contributed by atoms with E-state index >= 15 is 0 Å². The quantitative estimate of drug-likeness (QED) is 0.831. The van der Waals surface area contributed by atoms with E-state index in [1.54, 1.807) is 0 Å². The molecule has 3 nitrogen and oxygen atoms in total. The van der Waals surface area contributed by atoms with Crippen molar-refractivity contribution < 1.29 is 19.0 Å². The Balaban J connectivity index is 2.73. The van der Waals surface area contributed by atoms with Gasteiger partial charge < -0.3 is 9.84 Å². The molecule has 0 heterocycles. The molecule has 0 spiro atoms. The maximum absolute atomic E-state index is 13.3. The number of aliphatic hydroxyl groups excluding tert-OH is 1. The molecule has 5 heteroatoms. The number of methoxy groups -OCH3 is 1. The number of ether oxygens (including phenoxy) is 1. The number of halogens is 2. The second-order valence-corrected chi connectivity index (χ2v) is 3.67. The van der Waals surface area contributed by atoms with Crippen molar-refractivity contribution in [1.29, 1.82) is 0 Å². The highest BCUT2D eigenvalue weighted by Crippen LogP contribution is 2.28. The van der Waals surface area contributed by atoms with E-state index < -0.39 is 17.9 Å². The maximum atomic E-state index is 13.3. The van der Waals surface area contributed by atoms with Crippen LogP contribution in [0.25, 0.3) is 0 Å². The summed E-state index contributed by atoms with van der Waals surface area (Å²) in [6, 6.07) is 4.15. The molecule has 0 radical (unpaired) electrons. The van der Waals surface area contributed by atoms with Crippen LogP contribution in [-0.4, -0.2) is 18.2 Å². The largest absolute Gasteiger partial charge is 0.469 e. The molecule has 88 valence electrons. The first-order valence-corrected chi connectivity index (χ1v) is 5.13. The van der Waals surface area contributed by atoms with Gasteiger partial charge in [0.25, 0.3) is 0 Å². The van der Waals surface area contributed by atoms with Crippen molar-refractivity contribution in [3.05, 3.63) is 34.6 Å². The molecular formula is C11H12ClFO3. The number of benzene rings is 1. The molecule has 0 aliphatic rings. The third-order valence-electron chi connectivity index (χ3n) is 2.18. The van der Waals surface area contributed by atoms with Gasteiger partial charge in [0, 0.05) is 17.0 Å². The topological polar surface area (TPSA) is 46.5 Å². The molecule has 0 aliphatic carbocycles. The van der Waals surface area contributed by atoms with Crippen molar-refractivity contribution in [2.45, 2.75) is 18.9 Å². The Labute approximate surface area is 97.8 Å². The molecule has 0 bridgehead atoms. The van der Waals surface area contributed by atoms with Gasteiger partial charge in [0.2, 0.25) is 0 Å². The molecule has 1 aromatic rings. The van der Waals surface area contributed by atoms with Crippen LogP contribution in [-0.2, 0) is 9.53 Å². The zero-order valence-corrected chi connectivity index (χ0v) is 9.50. The molecular weight excluding hydrogens is 235 g/mol. The number of hydrogen-bond acceptors (Lipinski definition) is 3. The molecule has 0 amide bonds. The summed E-state index contributed by atoms with van der Waals surface area (Å²) in [5, 5.41) is 9.84. The lowest BCUT2D eigenvalue weighted by molar-refractivity contribution is -0.141. The van der Waals surface area contributed by atoms with E-state index in [0.29, 0.717) is 0 Å². The van der Waals surface area contributed by atoms with Gasteiger partial charge in [-0.25, -0.2) is 4.39 Å². The molecule has 0 saturated carbocycles. The molecule has 1 N–H and O–H groups in total. The summed E-state index contributed by atoms with van der Waals surface area (Å²) < 4.78 is 17.8. The molecule has 0 aliphatic heterocycles. The summed E-state index contributed by atoms with van der Waals surface area (Å²) in [5.74, 6) is -1.03. The van der Waals surface area contributed by atoms with Gasteiger partial charge in [-0.05, 0) is 18.6 Å². The van der Waals surface area contributed by atoms with Crippen molar-refractivity contribution in [1.82, 2.24) is 0 Å². The maximum Gasteiger partial charge on any atom is 0.305 e. The number of hydrogen-bond donors (Lipinski definition) is 1. The van der Waals surface area contributed by atoms with Gasteiger partial charge in [-0.3, -0.25) is 4.79 Å². The summed E-state index contributed by atoms with van der Waals surface area (Å²) in [5.41, 5.74) is 0.0214. The van der Waals surface area contributed by atoms with Crippen molar-refractivity contribution in [2.75, 3.05) is 7.11 Å². The lowest BCUT2D eigenvalue weighted by Crippen LogP contribution is -2.06. The summed E-state index contributed by atoms with van der Waals surface area (Å²) in [6.45, 7) is 0. The fraction of sp³-hybridized carbons (Fsp3) is 0.364. The van der Waals surface area contributed by atoms with E-state index in [9.17, 15) is 14.3 Å². The predicted molar refractivity (Wildman–Crippen MR) is 57.6 cm³/mol. The lowest BCUT2D eigenvalue weighted by Gasteiger charge is -2.12. The van der Waals surface area contributed by atoms with Crippen LogP contribution in [0, 0.1) is 5.82 Å². The minimum Gasteiger partial charge on any atom is -0.469 e. The molecule has 1 unspecified atom stereocenters. The fourth-order valence-electron chi connectivity index (χ4n) is 1.33. The number of rotatable bonds is 4. The average Bonchev–Trinajstić information content (AvgIpc) is 2.25. The third-order valence-corrected chi connectivity index (χ3v) is 2.51. The van der Waals surface area contributed by atoms with Gasteiger partial charge in [0.1, 0.15) is 5.82 Å². The highest BCUT2D eigenvalue weighted by atomic mass is 35.5. The van der Waals surface area contributed by atoms with Crippen LogP contribution >= 0.6 is 11.6 Å². The normalized spacial score (nSPS) is 12.2. The van der Waals surface area contributed by atoms with Crippen LogP contribution in [0.2, 0.25) is 5.02 Å². The second kappa shape index (κ2) is 5.82. The van der Waals surface area contributed by atoms with Gasteiger partial charge in [0.15, 0.2) is 0 Å². The Kier molecular flexibility index (Phi) is 4.71. The van der Waals surface area contributed by atoms with Gasteiger partial charge >= 0.3 is 5.97 Å². The van der Waals surface area contributed by atoms with Crippen LogP contribution < -0.4 is 0 Å². The fourth-order valence-corrected chi connectivity index (χ4v) is 1.62. The number of carbonyl (C=O) groups is 1. The van der Waals surface area contributed by atoms with Crippen LogP contribution in [0.15, 0.2) is 18.2 Å². The smallest absolute Gasteiger partial charge is 0.305 e. The van der Waals surface area contributed by atoms with Gasteiger partial charge in [-0.2, -0.15) is 0 Å². The molecule has 16 heavy (non-hydrogen) atoms. The predicted octanol–water partition coefficient (Wildman–Crippen LogP) is 2.47. The highest BCUT2D eigenvalue weighted by molar-refractivity contribution is 6.31. The first-order chi connectivity index (χ1) is 7.56. The number of esters is 1. The SMILES string of the molecule is COC(=O)CCC(O)c1c(F)cccc1Cl. The monoisotopic (exact) mass is 246 g/mol. The first-order valence-electron chi connectivity index (χ1n) is 4.75. The number of aliphatic hydroxyl groups is 1. The Morgan fingerprint density at radius 2 is 2.31 bits per heavy atom. The Bertz CT molecular complexity index is 361. The standard InChI is InChI=1S/C11H12ClFO3/c1-16-10(15)6-5-9(14)11-7(12)3-2-4-8(11)13/h2-4,9,14H,5-6H2,1H3. The van der Waals surface area contributed by atoms with E-state index in [1.807, 2.05) is 0 Å². The van der Waals surface area contributed by atoms with Crippen molar-refractivity contribution in [3.63, 3.8) is 0 Å². The molecule has 1 atom stereocenters. The van der Waals surface area contributed by atoms with E-state index in [0.717, 1.165) is 0 Å². The van der Waals surface area contributed by atoms with E-state index in [-0.39, 0.29) is 23.4 Å². The van der Waals surface area contributed by atoms with Crippen molar-refractivity contribution >= 4 is 17.6 Å². The summed E-state index contributed by atoms with van der Waals surface area (Å²) in [7, 11) is 1.25. The van der Waals surface area contributed by atoms with Gasteiger partial charge in [-0.15, -0.1) is 0 Å². The van der Waals surface area contributed by atoms with Crippen molar-refractivity contribution in [2.24, 2.45) is 0 Å². The molecule has 0 saturated heterocycles. The lowest BCUT2D eigenvalue weighted by atomic mass is 10.0.